The monoisotopic (exact) mass is 360 g/mol. The number of rotatable bonds is 12. The maximum absolute atomic E-state index is 5.40. The maximum atomic E-state index is 5.40. The van der Waals surface area contributed by atoms with Crippen molar-refractivity contribution in [2.75, 3.05) is 45.9 Å². The SMILES string of the molecule is C=CN(CCNCCC[Si](OC)(OC)OC)c1ccccc1.Cl. The second-order valence-electron chi connectivity index (χ2n) is 4.86. The van der Waals surface area contributed by atoms with E-state index >= 15 is 0 Å². The van der Waals surface area contributed by atoms with Crippen molar-refractivity contribution in [1.82, 2.24) is 5.32 Å². The van der Waals surface area contributed by atoms with Crippen molar-refractivity contribution in [1.29, 1.82) is 0 Å². The van der Waals surface area contributed by atoms with E-state index in [0.29, 0.717) is 0 Å². The van der Waals surface area contributed by atoms with Crippen molar-refractivity contribution >= 4 is 26.9 Å². The van der Waals surface area contributed by atoms with Gasteiger partial charge in [-0.3, -0.25) is 0 Å². The Morgan fingerprint density at radius 2 is 1.70 bits per heavy atom. The van der Waals surface area contributed by atoms with E-state index in [0.717, 1.165) is 37.8 Å². The van der Waals surface area contributed by atoms with Gasteiger partial charge in [0.2, 0.25) is 0 Å². The Hall–Kier alpha value is -0.893. The number of anilines is 1. The molecule has 0 spiro atoms. The Morgan fingerprint density at radius 3 is 2.22 bits per heavy atom. The summed E-state index contributed by atoms with van der Waals surface area (Å²) in [5.41, 5.74) is 1.16. The van der Waals surface area contributed by atoms with E-state index in [1.807, 2.05) is 24.4 Å². The first kappa shape index (κ1) is 22.1. The second kappa shape index (κ2) is 12.5. The van der Waals surface area contributed by atoms with Crippen LogP contribution in [0.15, 0.2) is 43.1 Å². The molecule has 1 N–H and O–H groups in total. The van der Waals surface area contributed by atoms with E-state index in [4.69, 9.17) is 13.3 Å². The standard InChI is InChI=1S/C16H28N2O3Si.ClH/c1-5-18(16-10-7-6-8-11-16)14-13-17-12-9-15-22(19-2,20-3)21-4;/h5-8,10-11,17H,1,9,12-15H2,2-4H3;1H. The molecule has 1 rings (SSSR count). The van der Waals surface area contributed by atoms with Crippen molar-refractivity contribution in [3.8, 4) is 0 Å². The van der Waals surface area contributed by atoms with Crippen LogP contribution in [0.25, 0.3) is 0 Å². The Balaban J connectivity index is 0.00000484. The highest BCUT2D eigenvalue weighted by Gasteiger charge is 2.36. The maximum Gasteiger partial charge on any atom is 0.500 e. The summed E-state index contributed by atoms with van der Waals surface area (Å²) in [5, 5.41) is 3.43. The Labute approximate surface area is 147 Å². The molecule has 0 atom stereocenters. The highest BCUT2D eigenvalue weighted by Crippen LogP contribution is 2.14. The lowest BCUT2D eigenvalue weighted by molar-refractivity contribution is 0.123. The molecule has 0 fully saturated rings. The summed E-state index contributed by atoms with van der Waals surface area (Å²) in [6.45, 7) is 6.55. The third-order valence-corrected chi connectivity index (χ3v) is 6.44. The molecule has 132 valence electrons. The van der Waals surface area contributed by atoms with Crippen molar-refractivity contribution < 1.29 is 13.3 Å². The van der Waals surface area contributed by atoms with Crippen LogP contribution in [0.4, 0.5) is 5.69 Å². The van der Waals surface area contributed by atoms with Gasteiger partial charge in [-0.05, 0) is 31.3 Å². The van der Waals surface area contributed by atoms with Gasteiger partial charge in [0.15, 0.2) is 0 Å². The molecule has 23 heavy (non-hydrogen) atoms. The summed E-state index contributed by atoms with van der Waals surface area (Å²) >= 11 is 0. The lowest BCUT2D eigenvalue weighted by Crippen LogP contribution is -2.43. The summed E-state index contributed by atoms with van der Waals surface area (Å²) in [7, 11) is 2.52. The molecule has 0 aliphatic heterocycles. The van der Waals surface area contributed by atoms with Crippen molar-refractivity contribution in [2.24, 2.45) is 0 Å². The minimum atomic E-state index is -2.43. The summed E-state index contributed by atoms with van der Waals surface area (Å²) in [6, 6.07) is 11.1. The number of nitrogens with zero attached hydrogens (tertiary/aromatic N) is 1. The van der Waals surface area contributed by atoms with Gasteiger partial charge in [0.05, 0.1) is 0 Å². The van der Waals surface area contributed by atoms with Crippen LogP contribution in [0.3, 0.4) is 0 Å². The molecule has 0 heterocycles. The van der Waals surface area contributed by atoms with Crippen LogP contribution >= 0.6 is 12.4 Å². The Bertz CT molecular complexity index is 411. The van der Waals surface area contributed by atoms with Crippen LogP contribution in [-0.2, 0) is 13.3 Å². The first-order valence-corrected chi connectivity index (χ1v) is 9.45. The normalized spacial score (nSPS) is 10.9. The molecule has 7 heteroatoms. The quantitative estimate of drug-likeness (QED) is 0.458. The van der Waals surface area contributed by atoms with E-state index in [9.17, 15) is 0 Å². The molecule has 0 saturated heterocycles. The van der Waals surface area contributed by atoms with Crippen LogP contribution in [0.5, 0.6) is 0 Å². The Kier molecular flexibility index (Phi) is 12.0. The van der Waals surface area contributed by atoms with E-state index < -0.39 is 8.80 Å². The summed E-state index contributed by atoms with van der Waals surface area (Å²) in [5.74, 6) is 0. The fourth-order valence-electron chi connectivity index (χ4n) is 2.26. The molecule has 0 saturated carbocycles. The zero-order valence-electron chi connectivity index (χ0n) is 14.3. The van der Waals surface area contributed by atoms with Gasteiger partial charge in [0, 0.05) is 46.2 Å². The molecule has 5 nitrogen and oxygen atoms in total. The number of nitrogens with one attached hydrogen (secondary N) is 1. The van der Waals surface area contributed by atoms with Crippen LogP contribution in [-0.4, -0.2) is 49.8 Å². The number of hydrogen-bond acceptors (Lipinski definition) is 5. The second-order valence-corrected chi connectivity index (χ2v) is 7.95. The molecule has 0 aliphatic carbocycles. The number of benzene rings is 1. The molecule has 0 aliphatic rings. The van der Waals surface area contributed by atoms with Crippen molar-refractivity contribution in [2.45, 2.75) is 12.5 Å². The summed E-state index contributed by atoms with van der Waals surface area (Å²) in [4.78, 5) is 2.13. The molecule has 0 radical (unpaired) electrons. The number of hydrogen-bond donors (Lipinski definition) is 1. The minimum absolute atomic E-state index is 0. The fraction of sp³-hybridized carbons (Fsp3) is 0.500. The van der Waals surface area contributed by atoms with Gasteiger partial charge in [-0.1, -0.05) is 24.8 Å². The van der Waals surface area contributed by atoms with Gasteiger partial charge in [-0.2, -0.15) is 0 Å². The third-order valence-electron chi connectivity index (χ3n) is 3.61. The lowest BCUT2D eigenvalue weighted by Gasteiger charge is -2.24. The largest absolute Gasteiger partial charge is 0.500 e. The van der Waals surface area contributed by atoms with Crippen LogP contribution in [0.2, 0.25) is 6.04 Å². The fourth-order valence-corrected chi connectivity index (χ4v) is 3.98. The molecule has 0 aromatic heterocycles. The molecular formula is C16H29ClN2O3Si. The Morgan fingerprint density at radius 1 is 1.09 bits per heavy atom. The van der Waals surface area contributed by atoms with Crippen LogP contribution < -0.4 is 10.2 Å². The van der Waals surface area contributed by atoms with Crippen LogP contribution in [0.1, 0.15) is 6.42 Å². The molecule has 0 bridgehead atoms. The van der Waals surface area contributed by atoms with E-state index in [1.165, 1.54) is 0 Å². The van der Waals surface area contributed by atoms with Gasteiger partial charge in [0.1, 0.15) is 0 Å². The topological polar surface area (TPSA) is 43.0 Å². The first-order chi connectivity index (χ1) is 10.7. The summed E-state index contributed by atoms with van der Waals surface area (Å²) < 4.78 is 16.2. The molecule has 1 aromatic carbocycles. The molecule has 0 unspecified atom stereocenters. The predicted octanol–water partition coefficient (Wildman–Crippen LogP) is 2.92. The van der Waals surface area contributed by atoms with Gasteiger partial charge in [0.25, 0.3) is 0 Å². The predicted molar refractivity (Wildman–Crippen MR) is 100 cm³/mol. The highest BCUT2D eigenvalue weighted by atomic mass is 35.5. The van der Waals surface area contributed by atoms with Gasteiger partial charge in [-0.15, -0.1) is 12.4 Å². The zero-order valence-corrected chi connectivity index (χ0v) is 16.1. The summed E-state index contributed by atoms with van der Waals surface area (Å²) in [6.07, 6.45) is 2.82. The highest BCUT2D eigenvalue weighted by molar-refractivity contribution is 6.60. The van der Waals surface area contributed by atoms with Crippen molar-refractivity contribution in [3.63, 3.8) is 0 Å². The van der Waals surface area contributed by atoms with Crippen molar-refractivity contribution in [3.05, 3.63) is 43.1 Å². The average molecular weight is 361 g/mol. The number of halogens is 1. The van der Waals surface area contributed by atoms with Gasteiger partial charge in [-0.25, -0.2) is 0 Å². The average Bonchev–Trinajstić information content (AvgIpc) is 2.59. The van der Waals surface area contributed by atoms with E-state index in [2.05, 4.69) is 28.9 Å². The zero-order chi connectivity index (χ0) is 16.3. The molecule has 1 aromatic rings. The first-order valence-electron chi connectivity index (χ1n) is 7.51. The lowest BCUT2D eigenvalue weighted by atomic mass is 10.3. The third kappa shape index (κ3) is 7.47. The van der Waals surface area contributed by atoms with E-state index in [-0.39, 0.29) is 12.4 Å². The molecular weight excluding hydrogens is 332 g/mol. The minimum Gasteiger partial charge on any atom is -0.377 e. The van der Waals surface area contributed by atoms with Gasteiger partial charge < -0.3 is 23.5 Å². The van der Waals surface area contributed by atoms with Crippen LogP contribution in [0, 0.1) is 0 Å². The molecule has 0 amide bonds. The van der Waals surface area contributed by atoms with Gasteiger partial charge >= 0.3 is 8.80 Å². The van der Waals surface area contributed by atoms with E-state index in [1.54, 1.807) is 21.3 Å². The number of para-hydroxylation sites is 1. The smallest absolute Gasteiger partial charge is 0.377 e.